The molecule has 0 atom stereocenters. The minimum atomic E-state index is -0.994. The zero-order valence-corrected chi connectivity index (χ0v) is 9.20. The van der Waals surface area contributed by atoms with Gasteiger partial charge in [-0.3, -0.25) is 0 Å². The average Bonchev–Trinajstić information content (AvgIpc) is 2.25. The highest BCUT2D eigenvalue weighted by Gasteiger charge is 2.13. The van der Waals surface area contributed by atoms with Crippen LogP contribution in [0.3, 0.4) is 0 Å². The standard InChI is InChI=1S/C11H12O3S/c1-14-9-6-2-4-8(5-3-7-15)10(9)11(12)13/h2-6,15H,7H2,1H3,(H,12,13). The second-order valence-electron chi connectivity index (χ2n) is 2.81. The van der Waals surface area contributed by atoms with Crippen LogP contribution >= 0.6 is 12.6 Å². The SMILES string of the molecule is COc1cccc(C=CCS)c1C(=O)O. The van der Waals surface area contributed by atoms with Crippen LogP contribution in [0, 0.1) is 0 Å². The lowest BCUT2D eigenvalue weighted by atomic mass is 10.1. The Morgan fingerprint density at radius 3 is 2.87 bits per heavy atom. The fraction of sp³-hybridized carbons (Fsp3) is 0.182. The Bertz CT molecular complexity index is 385. The fourth-order valence-electron chi connectivity index (χ4n) is 1.27. The maximum Gasteiger partial charge on any atom is 0.340 e. The van der Waals surface area contributed by atoms with Gasteiger partial charge in [0.25, 0.3) is 0 Å². The highest BCUT2D eigenvalue weighted by Crippen LogP contribution is 2.23. The summed E-state index contributed by atoms with van der Waals surface area (Å²) in [5.41, 5.74) is 0.800. The molecule has 3 nitrogen and oxygen atoms in total. The van der Waals surface area contributed by atoms with E-state index >= 15 is 0 Å². The molecule has 0 saturated heterocycles. The number of thiol groups is 1. The van der Waals surface area contributed by atoms with E-state index in [9.17, 15) is 4.79 Å². The number of methoxy groups -OCH3 is 1. The molecular formula is C11H12O3S. The van der Waals surface area contributed by atoms with E-state index in [0.717, 1.165) is 0 Å². The Kier molecular flexibility index (Phi) is 4.24. The molecule has 0 radical (unpaired) electrons. The van der Waals surface area contributed by atoms with Crippen LogP contribution in [-0.2, 0) is 0 Å². The van der Waals surface area contributed by atoms with Gasteiger partial charge in [-0.15, -0.1) is 0 Å². The van der Waals surface area contributed by atoms with Gasteiger partial charge in [-0.05, 0) is 11.6 Å². The number of benzene rings is 1. The van der Waals surface area contributed by atoms with Crippen molar-refractivity contribution in [1.82, 2.24) is 0 Å². The number of hydrogen-bond donors (Lipinski definition) is 2. The zero-order valence-electron chi connectivity index (χ0n) is 8.30. The van der Waals surface area contributed by atoms with Gasteiger partial charge in [0, 0.05) is 5.75 Å². The second kappa shape index (κ2) is 5.46. The molecule has 1 N–H and O–H groups in total. The van der Waals surface area contributed by atoms with Crippen molar-refractivity contribution in [3.05, 3.63) is 35.4 Å². The number of carboxylic acid groups (broad SMARTS) is 1. The molecule has 4 heteroatoms. The molecule has 0 aliphatic rings. The minimum absolute atomic E-state index is 0.179. The monoisotopic (exact) mass is 224 g/mol. The van der Waals surface area contributed by atoms with Crippen molar-refractivity contribution in [1.29, 1.82) is 0 Å². The van der Waals surface area contributed by atoms with Gasteiger partial charge >= 0.3 is 5.97 Å². The largest absolute Gasteiger partial charge is 0.496 e. The summed E-state index contributed by atoms with van der Waals surface area (Å²) in [5, 5.41) is 9.04. The van der Waals surface area contributed by atoms with Crippen LogP contribution in [0.4, 0.5) is 0 Å². The number of rotatable bonds is 4. The highest BCUT2D eigenvalue weighted by molar-refractivity contribution is 7.80. The van der Waals surface area contributed by atoms with Gasteiger partial charge in [-0.1, -0.05) is 24.3 Å². The van der Waals surface area contributed by atoms with E-state index in [1.165, 1.54) is 7.11 Å². The summed E-state index contributed by atoms with van der Waals surface area (Å²) in [6.45, 7) is 0. The topological polar surface area (TPSA) is 46.5 Å². The molecule has 1 rings (SSSR count). The molecule has 15 heavy (non-hydrogen) atoms. The molecule has 0 unspecified atom stereocenters. The van der Waals surface area contributed by atoms with E-state index in [4.69, 9.17) is 9.84 Å². The molecule has 0 aromatic heterocycles. The van der Waals surface area contributed by atoms with Crippen LogP contribution in [0.1, 0.15) is 15.9 Å². The summed E-state index contributed by atoms with van der Waals surface area (Å²) in [6, 6.07) is 5.11. The normalized spacial score (nSPS) is 10.5. The Hall–Kier alpha value is -1.42. The van der Waals surface area contributed by atoms with E-state index in [-0.39, 0.29) is 5.56 Å². The lowest BCUT2D eigenvalue weighted by Gasteiger charge is -2.07. The maximum atomic E-state index is 11.0. The first-order chi connectivity index (χ1) is 7.20. The number of ether oxygens (including phenoxy) is 1. The first kappa shape index (κ1) is 11.7. The fourth-order valence-corrected chi connectivity index (χ4v) is 1.37. The van der Waals surface area contributed by atoms with Crippen molar-refractivity contribution < 1.29 is 14.6 Å². The van der Waals surface area contributed by atoms with Crippen LogP contribution in [0.5, 0.6) is 5.75 Å². The predicted octanol–water partition coefficient (Wildman–Crippen LogP) is 2.34. The first-order valence-electron chi connectivity index (χ1n) is 4.38. The van der Waals surface area contributed by atoms with Gasteiger partial charge < -0.3 is 9.84 Å². The number of hydrogen-bond acceptors (Lipinski definition) is 3. The number of aromatic carboxylic acids is 1. The first-order valence-corrected chi connectivity index (χ1v) is 5.01. The van der Waals surface area contributed by atoms with Gasteiger partial charge in [0.1, 0.15) is 11.3 Å². The summed E-state index contributed by atoms with van der Waals surface area (Å²) in [6.07, 6.45) is 3.50. The van der Waals surface area contributed by atoms with Crippen LogP contribution in [0.25, 0.3) is 6.08 Å². The summed E-state index contributed by atoms with van der Waals surface area (Å²) in [7, 11) is 1.45. The van der Waals surface area contributed by atoms with Gasteiger partial charge in [-0.2, -0.15) is 12.6 Å². The third kappa shape index (κ3) is 2.76. The molecule has 0 fully saturated rings. The lowest BCUT2D eigenvalue weighted by Crippen LogP contribution is -2.03. The van der Waals surface area contributed by atoms with Crippen LogP contribution in [-0.4, -0.2) is 23.9 Å². The van der Waals surface area contributed by atoms with Gasteiger partial charge in [0.05, 0.1) is 7.11 Å². The summed E-state index contributed by atoms with van der Waals surface area (Å²) in [5.74, 6) is -0.0638. The van der Waals surface area contributed by atoms with Crippen molar-refractivity contribution in [3.8, 4) is 5.75 Å². The molecule has 0 saturated carbocycles. The third-order valence-corrected chi connectivity index (χ3v) is 2.11. The molecule has 0 heterocycles. The van der Waals surface area contributed by atoms with E-state index in [1.807, 2.05) is 0 Å². The molecule has 0 aliphatic carbocycles. The third-order valence-electron chi connectivity index (χ3n) is 1.90. The Morgan fingerprint density at radius 2 is 2.33 bits per heavy atom. The average molecular weight is 224 g/mol. The highest BCUT2D eigenvalue weighted by atomic mass is 32.1. The zero-order chi connectivity index (χ0) is 11.3. The Morgan fingerprint density at radius 1 is 1.60 bits per heavy atom. The van der Waals surface area contributed by atoms with Crippen molar-refractivity contribution >= 4 is 24.7 Å². The van der Waals surface area contributed by atoms with Crippen molar-refractivity contribution in [2.24, 2.45) is 0 Å². The molecule has 1 aromatic rings. The van der Waals surface area contributed by atoms with Gasteiger partial charge in [-0.25, -0.2) is 4.79 Å². The van der Waals surface area contributed by atoms with Crippen LogP contribution in [0.15, 0.2) is 24.3 Å². The van der Waals surface area contributed by atoms with E-state index < -0.39 is 5.97 Å². The molecule has 80 valence electrons. The van der Waals surface area contributed by atoms with E-state index in [1.54, 1.807) is 30.4 Å². The van der Waals surface area contributed by atoms with E-state index in [2.05, 4.69) is 12.6 Å². The molecule has 0 aliphatic heterocycles. The predicted molar refractivity (Wildman–Crippen MR) is 62.8 cm³/mol. The summed E-state index contributed by atoms with van der Waals surface area (Å²) >= 11 is 4.02. The number of carboxylic acids is 1. The molecule has 0 spiro atoms. The second-order valence-corrected chi connectivity index (χ2v) is 3.18. The summed E-state index contributed by atoms with van der Waals surface area (Å²) in [4.78, 5) is 11.0. The molecule has 0 bridgehead atoms. The Labute approximate surface area is 93.8 Å². The van der Waals surface area contributed by atoms with Crippen molar-refractivity contribution in [2.75, 3.05) is 12.9 Å². The molecular weight excluding hydrogens is 212 g/mol. The van der Waals surface area contributed by atoms with E-state index in [0.29, 0.717) is 17.1 Å². The lowest BCUT2D eigenvalue weighted by molar-refractivity contribution is 0.0693. The van der Waals surface area contributed by atoms with Crippen molar-refractivity contribution in [3.63, 3.8) is 0 Å². The Balaban J connectivity index is 3.25. The summed E-state index contributed by atoms with van der Waals surface area (Å²) < 4.78 is 4.99. The quantitative estimate of drug-likeness (QED) is 0.772. The smallest absolute Gasteiger partial charge is 0.340 e. The maximum absolute atomic E-state index is 11.0. The number of carbonyl (C=O) groups is 1. The molecule has 1 aromatic carbocycles. The van der Waals surface area contributed by atoms with Gasteiger partial charge in [0.15, 0.2) is 0 Å². The van der Waals surface area contributed by atoms with Crippen LogP contribution in [0.2, 0.25) is 0 Å². The minimum Gasteiger partial charge on any atom is -0.496 e. The van der Waals surface area contributed by atoms with Crippen LogP contribution < -0.4 is 4.74 Å². The van der Waals surface area contributed by atoms with Crippen molar-refractivity contribution in [2.45, 2.75) is 0 Å². The molecule has 0 amide bonds. The van der Waals surface area contributed by atoms with Gasteiger partial charge in [0.2, 0.25) is 0 Å².